The summed E-state index contributed by atoms with van der Waals surface area (Å²) in [6.45, 7) is 7.95. The van der Waals surface area contributed by atoms with Crippen molar-refractivity contribution in [1.82, 2.24) is 5.32 Å². The summed E-state index contributed by atoms with van der Waals surface area (Å²) in [6.07, 6.45) is -3.45. The average Bonchev–Trinajstić information content (AvgIpc) is 2.43. The average molecular weight is 342 g/mol. The maximum atomic E-state index is 12.2. The molecule has 0 aliphatic heterocycles. The van der Waals surface area contributed by atoms with Crippen molar-refractivity contribution in [3.05, 3.63) is 41.5 Å². The number of nitrogens with one attached hydrogen (secondary N) is 2. The number of halogens is 3. The molecule has 0 radical (unpaired) electrons. The Morgan fingerprint density at radius 2 is 1.79 bits per heavy atom. The van der Waals surface area contributed by atoms with E-state index in [0.717, 1.165) is 5.57 Å². The summed E-state index contributed by atoms with van der Waals surface area (Å²) in [4.78, 5) is 22.8. The molecule has 0 atom stereocenters. The van der Waals surface area contributed by atoms with Gasteiger partial charge in [0.2, 0.25) is 5.91 Å². The number of carbonyl (C=O) groups excluding carboxylic acids is 2. The molecule has 0 bridgehead atoms. The van der Waals surface area contributed by atoms with Crippen LogP contribution in [0.4, 0.5) is 18.9 Å². The van der Waals surface area contributed by atoms with E-state index in [-0.39, 0.29) is 23.6 Å². The van der Waals surface area contributed by atoms with Gasteiger partial charge in [0, 0.05) is 18.3 Å². The smallest absolute Gasteiger partial charge is 0.348 e. The summed E-state index contributed by atoms with van der Waals surface area (Å²) >= 11 is 0. The number of hydrogen-bond donors (Lipinski definition) is 2. The van der Waals surface area contributed by atoms with Crippen LogP contribution in [0, 0.1) is 5.41 Å². The molecule has 0 unspecified atom stereocenters. The lowest BCUT2D eigenvalue weighted by Crippen LogP contribution is -2.30. The second-order valence-electron chi connectivity index (χ2n) is 6.45. The minimum absolute atomic E-state index is 0.0190. The fourth-order valence-corrected chi connectivity index (χ4v) is 1.61. The van der Waals surface area contributed by atoms with E-state index in [0.29, 0.717) is 5.56 Å². The summed E-state index contributed by atoms with van der Waals surface area (Å²) in [5, 5.41) is 4.44. The lowest BCUT2D eigenvalue weighted by molar-refractivity contribution is -0.167. The summed E-state index contributed by atoms with van der Waals surface area (Å²) in [5.74, 6) is -2.32. The summed E-state index contributed by atoms with van der Waals surface area (Å²) < 4.78 is 36.7. The van der Waals surface area contributed by atoms with E-state index < -0.39 is 12.1 Å². The van der Waals surface area contributed by atoms with Crippen LogP contribution in [-0.4, -0.2) is 18.0 Å². The highest BCUT2D eigenvalue weighted by atomic mass is 19.4. The van der Waals surface area contributed by atoms with Crippen LogP contribution in [0.5, 0.6) is 0 Å². The number of amides is 2. The van der Waals surface area contributed by atoms with Crippen LogP contribution >= 0.6 is 0 Å². The predicted molar refractivity (Wildman–Crippen MR) is 86.2 cm³/mol. The van der Waals surface area contributed by atoms with Gasteiger partial charge in [0.1, 0.15) is 0 Å². The van der Waals surface area contributed by atoms with E-state index in [4.69, 9.17) is 0 Å². The Kier molecular flexibility index (Phi) is 6.17. The van der Waals surface area contributed by atoms with Crippen LogP contribution in [0.1, 0.15) is 33.3 Å². The molecule has 2 N–H and O–H groups in total. The zero-order valence-electron chi connectivity index (χ0n) is 14.0. The zero-order chi connectivity index (χ0) is 18.5. The van der Waals surface area contributed by atoms with Gasteiger partial charge in [-0.1, -0.05) is 38.5 Å². The van der Waals surface area contributed by atoms with Crippen molar-refractivity contribution >= 4 is 17.5 Å². The fraction of sp³-hybridized carbons (Fsp3) is 0.412. The maximum Gasteiger partial charge on any atom is 0.471 e. The Bertz CT molecular complexity index is 644. The molecular weight excluding hydrogens is 321 g/mol. The van der Waals surface area contributed by atoms with Gasteiger partial charge in [0.15, 0.2) is 0 Å². The first-order valence-corrected chi connectivity index (χ1v) is 7.33. The number of anilines is 1. The standard InChI is InChI=1S/C17H21F3N2O2/c1-11(16(2,3)4)8-14(23)21-10-12-6-5-7-13(9-12)22-15(24)17(18,19)20/h5-9H,10H2,1-4H3,(H,21,23)(H,22,24)/b11-8+. The van der Waals surface area contributed by atoms with E-state index >= 15 is 0 Å². The second kappa shape index (κ2) is 7.51. The molecule has 0 saturated heterocycles. The van der Waals surface area contributed by atoms with Crippen molar-refractivity contribution in [2.75, 3.05) is 5.32 Å². The van der Waals surface area contributed by atoms with Gasteiger partial charge in [-0.15, -0.1) is 0 Å². The molecule has 1 rings (SSSR count). The molecule has 0 heterocycles. The van der Waals surface area contributed by atoms with Crippen LogP contribution in [0.2, 0.25) is 0 Å². The molecule has 0 spiro atoms. The van der Waals surface area contributed by atoms with Gasteiger partial charge in [0.05, 0.1) is 0 Å². The van der Waals surface area contributed by atoms with Gasteiger partial charge in [-0.05, 0) is 30.0 Å². The van der Waals surface area contributed by atoms with Crippen molar-refractivity contribution in [3.63, 3.8) is 0 Å². The lowest BCUT2D eigenvalue weighted by atomic mass is 9.87. The zero-order valence-corrected chi connectivity index (χ0v) is 14.0. The molecule has 1 aromatic rings. The molecule has 0 saturated carbocycles. The Hall–Kier alpha value is -2.31. The van der Waals surface area contributed by atoms with E-state index in [1.165, 1.54) is 24.3 Å². The third kappa shape index (κ3) is 6.44. The molecular formula is C17H21F3N2O2. The molecule has 2 amide bonds. The number of hydrogen-bond acceptors (Lipinski definition) is 2. The normalized spacial score (nSPS) is 12.7. The summed E-state index contributed by atoms with van der Waals surface area (Å²) in [6, 6.07) is 5.87. The molecule has 24 heavy (non-hydrogen) atoms. The highest BCUT2D eigenvalue weighted by Crippen LogP contribution is 2.24. The number of carbonyl (C=O) groups is 2. The Morgan fingerprint density at radius 1 is 1.17 bits per heavy atom. The van der Waals surface area contributed by atoms with Crippen molar-refractivity contribution in [1.29, 1.82) is 0 Å². The highest BCUT2D eigenvalue weighted by Gasteiger charge is 2.38. The fourth-order valence-electron chi connectivity index (χ4n) is 1.61. The van der Waals surface area contributed by atoms with Crippen LogP contribution < -0.4 is 10.6 Å². The molecule has 0 aliphatic carbocycles. The second-order valence-corrected chi connectivity index (χ2v) is 6.45. The topological polar surface area (TPSA) is 58.2 Å². The summed E-state index contributed by atoms with van der Waals surface area (Å²) in [5.41, 5.74) is 1.38. The third-order valence-corrected chi connectivity index (χ3v) is 3.44. The third-order valence-electron chi connectivity index (χ3n) is 3.44. The van der Waals surface area contributed by atoms with Crippen LogP contribution in [0.25, 0.3) is 0 Å². The highest BCUT2D eigenvalue weighted by molar-refractivity contribution is 5.95. The largest absolute Gasteiger partial charge is 0.471 e. The van der Waals surface area contributed by atoms with Crippen molar-refractivity contribution in [2.24, 2.45) is 5.41 Å². The molecule has 0 aliphatic rings. The Morgan fingerprint density at radius 3 is 2.33 bits per heavy atom. The monoisotopic (exact) mass is 342 g/mol. The van der Waals surface area contributed by atoms with Crippen molar-refractivity contribution < 1.29 is 22.8 Å². The first-order valence-electron chi connectivity index (χ1n) is 7.33. The first kappa shape index (κ1) is 19.7. The minimum atomic E-state index is -4.94. The van der Waals surface area contributed by atoms with E-state index in [1.54, 1.807) is 11.4 Å². The van der Waals surface area contributed by atoms with Gasteiger partial charge in [-0.2, -0.15) is 13.2 Å². The number of allylic oxidation sites excluding steroid dienone is 1. The first-order chi connectivity index (χ1) is 10.9. The molecule has 1 aromatic carbocycles. The number of rotatable bonds is 4. The van der Waals surface area contributed by atoms with Crippen LogP contribution in [0.15, 0.2) is 35.9 Å². The number of benzene rings is 1. The quantitative estimate of drug-likeness (QED) is 0.818. The molecule has 4 nitrogen and oxygen atoms in total. The molecule has 132 valence electrons. The molecule has 0 fully saturated rings. The van der Waals surface area contributed by atoms with Gasteiger partial charge < -0.3 is 10.6 Å². The Labute approximate surface area is 139 Å². The van der Waals surface area contributed by atoms with Crippen molar-refractivity contribution in [2.45, 2.75) is 40.4 Å². The van der Waals surface area contributed by atoms with Gasteiger partial charge in [-0.25, -0.2) is 0 Å². The number of alkyl halides is 3. The van der Waals surface area contributed by atoms with E-state index in [2.05, 4.69) is 5.32 Å². The van der Waals surface area contributed by atoms with Gasteiger partial charge >= 0.3 is 12.1 Å². The van der Waals surface area contributed by atoms with Crippen molar-refractivity contribution in [3.8, 4) is 0 Å². The SMILES string of the molecule is C/C(=C\C(=O)NCc1cccc(NC(=O)C(F)(F)F)c1)C(C)(C)C. The van der Waals surface area contributed by atoms with Gasteiger partial charge in [0.25, 0.3) is 0 Å². The lowest BCUT2D eigenvalue weighted by Gasteiger charge is -2.19. The Balaban J connectivity index is 2.69. The minimum Gasteiger partial charge on any atom is -0.348 e. The maximum absolute atomic E-state index is 12.2. The van der Waals surface area contributed by atoms with Crippen LogP contribution in [0.3, 0.4) is 0 Å². The molecule has 7 heteroatoms. The van der Waals surface area contributed by atoms with Gasteiger partial charge in [-0.3, -0.25) is 9.59 Å². The van der Waals surface area contributed by atoms with E-state index in [9.17, 15) is 22.8 Å². The van der Waals surface area contributed by atoms with Crippen LogP contribution in [-0.2, 0) is 16.1 Å². The van der Waals surface area contributed by atoms with E-state index in [1.807, 2.05) is 27.7 Å². The predicted octanol–water partition coefficient (Wildman–Crippen LogP) is 3.80. The summed E-state index contributed by atoms with van der Waals surface area (Å²) in [7, 11) is 0. The molecule has 0 aromatic heterocycles.